The minimum Gasteiger partial charge on any atom is -0.478 e. The van der Waals surface area contributed by atoms with Crippen LogP contribution in [0.15, 0.2) is 60.7 Å². The van der Waals surface area contributed by atoms with Crippen LogP contribution in [-0.2, 0) is 13.0 Å². The van der Waals surface area contributed by atoms with E-state index >= 15 is 0 Å². The highest BCUT2D eigenvalue weighted by Gasteiger charge is 2.33. The number of hydrogen-bond donors (Lipinski definition) is 3. The van der Waals surface area contributed by atoms with Crippen LogP contribution in [0, 0.1) is 11.3 Å². The lowest BCUT2D eigenvalue weighted by Crippen LogP contribution is -2.37. The van der Waals surface area contributed by atoms with Gasteiger partial charge in [-0.1, -0.05) is 36.4 Å². The number of rotatable bonds is 7. The van der Waals surface area contributed by atoms with Gasteiger partial charge in [-0.25, -0.2) is 14.4 Å². The average Bonchev–Trinajstić information content (AvgIpc) is 2.90. The molecular weight excluding hydrogens is 476 g/mol. The zero-order chi connectivity index (χ0) is 26.7. The SMILES string of the molecule is N#Cc1ccc(CN(C(=O)c2cc(C(=O)O)c(C(=O)O)cc2C(=O)O)[C@H]2CCCc3ccccc32)cc1. The normalized spacial score (nSPS) is 14.2. The molecule has 3 N–H and O–H groups in total. The van der Waals surface area contributed by atoms with Gasteiger partial charge in [0, 0.05) is 6.54 Å². The third-order valence-electron chi connectivity index (χ3n) is 6.49. The minimum absolute atomic E-state index is 0.0612. The Hall–Kier alpha value is -4.97. The smallest absolute Gasteiger partial charge is 0.336 e. The summed E-state index contributed by atoms with van der Waals surface area (Å²) in [6, 6.07) is 17.4. The zero-order valence-electron chi connectivity index (χ0n) is 19.5. The molecule has 1 atom stereocenters. The van der Waals surface area contributed by atoms with Gasteiger partial charge >= 0.3 is 17.9 Å². The molecule has 9 heteroatoms. The number of aromatic carboxylic acids is 3. The Labute approximate surface area is 211 Å². The van der Waals surface area contributed by atoms with Crippen LogP contribution in [0.3, 0.4) is 0 Å². The van der Waals surface area contributed by atoms with Gasteiger partial charge in [-0.05, 0) is 60.2 Å². The number of carbonyl (C=O) groups excluding carboxylic acids is 1. The van der Waals surface area contributed by atoms with Gasteiger partial charge in [0.1, 0.15) is 0 Å². The van der Waals surface area contributed by atoms with Crippen molar-refractivity contribution in [2.24, 2.45) is 0 Å². The number of nitrogens with zero attached hydrogens (tertiary/aromatic N) is 2. The predicted molar refractivity (Wildman–Crippen MR) is 130 cm³/mol. The molecule has 0 bridgehead atoms. The van der Waals surface area contributed by atoms with Crippen LogP contribution in [0.4, 0.5) is 0 Å². The second kappa shape index (κ2) is 10.3. The highest BCUT2D eigenvalue weighted by Crippen LogP contribution is 2.36. The fourth-order valence-electron chi connectivity index (χ4n) is 4.72. The van der Waals surface area contributed by atoms with E-state index in [2.05, 4.69) is 0 Å². The Morgan fingerprint density at radius 3 is 2.00 bits per heavy atom. The molecule has 1 aliphatic rings. The maximum atomic E-state index is 14.0. The van der Waals surface area contributed by atoms with Gasteiger partial charge in [0.25, 0.3) is 5.91 Å². The molecule has 0 saturated heterocycles. The van der Waals surface area contributed by atoms with Crippen LogP contribution < -0.4 is 0 Å². The van der Waals surface area contributed by atoms with Crippen molar-refractivity contribution in [1.82, 2.24) is 4.90 Å². The number of hydrogen-bond acceptors (Lipinski definition) is 5. The predicted octanol–water partition coefficient (Wildman–Crippen LogP) is 4.37. The van der Waals surface area contributed by atoms with E-state index in [0.29, 0.717) is 17.5 Å². The average molecular weight is 498 g/mol. The fraction of sp³-hybridized carbons (Fsp3) is 0.179. The summed E-state index contributed by atoms with van der Waals surface area (Å²) in [6.07, 6.45) is 2.20. The van der Waals surface area contributed by atoms with Crippen molar-refractivity contribution in [2.75, 3.05) is 0 Å². The highest BCUT2D eigenvalue weighted by atomic mass is 16.4. The zero-order valence-corrected chi connectivity index (χ0v) is 19.5. The first-order valence-electron chi connectivity index (χ1n) is 11.5. The van der Waals surface area contributed by atoms with Crippen molar-refractivity contribution in [3.8, 4) is 6.07 Å². The number of carbonyl (C=O) groups is 4. The maximum Gasteiger partial charge on any atom is 0.336 e. The van der Waals surface area contributed by atoms with Crippen molar-refractivity contribution in [1.29, 1.82) is 5.26 Å². The fourth-order valence-corrected chi connectivity index (χ4v) is 4.72. The summed E-state index contributed by atoms with van der Waals surface area (Å²) in [6.45, 7) is 0.0612. The summed E-state index contributed by atoms with van der Waals surface area (Å²) in [5, 5.41) is 37.9. The summed E-state index contributed by atoms with van der Waals surface area (Å²) in [7, 11) is 0. The van der Waals surface area contributed by atoms with Gasteiger partial charge in [0.15, 0.2) is 0 Å². The number of aryl methyl sites for hydroxylation is 1. The van der Waals surface area contributed by atoms with E-state index in [4.69, 9.17) is 5.26 Å². The molecular formula is C28H22N2O7. The molecule has 1 amide bonds. The minimum atomic E-state index is -1.62. The van der Waals surface area contributed by atoms with Crippen LogP contribution >= 0.6 is 0 Å². The lowest BCUT2D eigenvalue weighted by Gasteiger charge is -2.36. The largest absolute Gasteiger partial charge is 0.478 e. The lowest BCUT2D eigenvalue weighted by atomic mass is 9.86. The van der Waals surface area contributed by atoms with Crippen molar-refractivity contribution >= 4 is 23.8 Å². The summed E-state index contributed by atoms with van der Waals surface area (Å²) in [5.74, 6) is -5.49. The number of nitriles is 1. The van der Waals surface area contributed by atoms with Crippen molar-refractivity contribution in [3.63, 3.8) is 0 Å². The first-order valence-corrected chi connectivity index (χ1v) is 11.5. The van der Waals surface area contributed by atoms with Gasteiger partial charge in [-0.3, -0.25) is 4.79 Å². The molecule has 0 spiro atoms. The Balaban J connectivity index is 1.88. The second-order valence-corrected chi connectivity index (χ2v) is 8.71. The molecule has 0 radical (unpaired) electrons. The summed E-state index contributed by atoms with van der Waals surface area (Å²) < 4.78 is 0. The standard InChI is InChI=1S/C28H22N2O7/c29-14-16-8-10-17(11-9-16)15-30(24-7-3-5-18-4-1-2-6-19(18)24)25(31)20-12-22(27(34)35)23(28(36)37)13-21(20)26(32)33/h1-2,4,6,8-13,24H,3,5,7,15H2,(H,32,33)(H,34,35)(H,36,37)/t24-/m0/s1. The maximum absolute atomic E-state index is 14.0. The monoisotopic (exact) mass is 498 g/mol. The molecule has 9 nitrogen and oxygen atoms in total. The molecule has 4 rings (SSSR count). The Morgan fingerprint density at radius 1 is 0.838 bits per heavy atom. The number of amides is 1. The number of carboxylic acids is 3. The topological polar surface area (TPSA) is 156 Å². The van der Waals surface area contributed by atoms with E-state index in [1.54, 1.807) is 24.3 Å². The number of benzene rings is 3. The molecule has 0 saturated carbocycles. The molecule has 3 aromatic carbocycles. The molecule has 0 aromatic heterocycles. The molecule has 0 fully saturated rings. The van der Waals surface area contributed by atoms with E-state index < -0.39 is 52.1 Å². The number of carboxylic acid groups (broad SMARTS) is 3. The molecule has 37 heavy (non-hydrogen) atoms. The van der Waals surface area contributed by atoms with Gasteiger partial charge in [0.2, 0.25) is 0 Å². The Kier molecular flexibility index (Phi) is 7.02. The third-order valence-corrected chi connectivity index (χ3v) is 6.49. The van der Waals surface area contributed by atoms with Crippen LogP contribution in [0.1, 0.15) is 82.6 Å². The van der Waals surface area contributed by atoms with Crippen LogP contribution in [0.2, 0.25) is 0 Å². The molecule has 1 aliphatic carbocycles. The molecule has 186 valence electrons. The van der Waals surface area contributed by atoms with Crippen molar-refractivity contribution in [2.45, 2.75) is 31.8 Å². The van der Waals surface area contributed by atoms with E-state index in [1.165, 1.54) is 4.90 Å². The van der Waals surface area contributed by atoms with Gasteiger partial charge < -0.3 is 20.2 Å². The van der Waals surface area contributed by atoms with Gasteiger partial charge in [-0.2, -0.15) is 5.26 Å². The second-order valence-electron chi connectivity index (χ2n) is 8.71. The molecule has 0 aliphatic heterocycles. The summed E-state index contributed by atoms with van der Waals surface area (Å²) >= 11 is 0. The van der Waals surface area contributed by atoms with Crippen molar-refractivity contribution < 1.29 is 34.5 Å². The van der Waals surface area contributed by atoms with Crippen LogP contribution in [-0.4, -0.2) is 44.0 Å². The summed E-state index contributed by atoms with van der Waals surface area (Å²) in [5.41, 5.74) is 0.691. The molecule has 0 heterocycles. The van der Waals surface area contributed by atoms with Crippen LogP contribution in [0.25, 0.3) is 0 Å². The Morgan fingerprint density at radius 2 is 1.41 bits per heavy atom. The third kappa shape index (κ3) is 5.04. The first-order chi connectivity index (χ1) is 17.7. The van der Waals surface area contributed by atoms with Gasteiger partial charge in [-0.15, -0.1) is 0 Å². The van der Waals surface area contributed by atoms with E-state index in [0.717, 1.165) is 36.1 Å². The molecule has 3 aromatic rings. The lowest BCUT2D eigenvalue weighted by molar-refractivity contribution is 0.0611. The van der Waals surface area contributed by atoms with E-state index in [-0.39, 0.29) is 6.54 Å². The quantitative estimate of drug-likeness (QED) is 0.433. The first kappa shape index (κ1) is 25.1. The number of fused-ring (bicyclic) bond motifs is 1. The van der Waals surface area contributed by atoms with Crippen LogP contribution in [0.5, 0.6) is 0 Å². The van der Waals surface area contributed by atoms with E-state index in [1.807, 2.05) is 30.3 Å². The van der Waals surface area contributed by atoms with Gasteiger partial charge in [0.05, 0.1) is 39.9 Å². The summed E-state index contributed by atoms with van der Waals surface area (Å²) in [4.78, 5) is 51.0. The van der Waals surface area contributed by atoms with E-state index in [9.17, 15) is 34.5 Å². The van der Waals surface area contributed by atoms with Crippen molar-refractivity contribution in [3.05, 3.63) is 105 Å². The highest BCUT2D eigenvalue weighted by molar-refractivity contribution is 6.10. The Bertz CT molecular complexity index is 1450. The molecule has 0 unspecified atom stereocenters.